The topological polar surface area (TPSA) is 239 Å². The number of nitrogens with zero attached hydrogens (tertiary/aromatic N) is 7. The maximum Gasteiger partial charge on any atom is 0.246 e. The second-order valence-electron chi connectivity index (χ2n) is 21.9. The number of aryl methyl sites for hydroxylation is 2. The van der Waals surface area contributed by atoms with Crippen molar-refractivity contribution in [2.45, 2.75) is 159 Å². The molecule has 3 fully saturated rings. The standard InChI is InChI=1S/C55H74N12O7S/c1-33-34(2)64-65-49(33)63-50-42-27-47(75(71,72)55(4,5)6)46(28-44(42)59-32-60-50)73-25-22-36-20-23-66(24-21-36)54-57-29-40(30-58-54)74-39-26-45(52(69)61-43-19-13-17-37-14-11-12-18-41(37)43)67(31-39)53(70)48(38-15-9-8-10-16-38)62-51(68)35(3)56-7/h11-12,14,18,27-30,32,35-36,38-39,43,45,48,56H,8-10,13,15-17,19-26,31H2,1-7H3,(H,61,69)(H,62,68)(H2,59,60,63,64,65)/t35-,39-,43+,45-,48-/m0/s1. The van der Waals surface area contributed by atoms with Crippen LogP contribution < -0.4 is 35.6 Å². The number of sulfone groups is 1. The summed E-state index contributed by atoms with van der Waals surface area (Å²) in [5, 5.41) is 20.5. The van der Waals surface area contributed by atoms with Crippen LogP contribution in [0.5, 0.6) is 11.5 Å². The summed E-state index contributed by atoms with van der Waals surface area (Å²) < 4.78 is 39.9. The average Bonchev–Trinajstić information content (AvgIpc) is 3.98. The minimum absolute atomic E-state index is 0.0351. The predicted molar refractivity (Wildman–Crippen MR) is 287 cm³/mol. The van der Waals surface area contributed by atoms with Crippen molar-refractivity contribution in [1.82, 2.24) is 51.0 Å². The number of likely N-dealkylation sites (N-methyl/N-ethyl adjacent to an activating group) is 1. The largest absolute Gasteiger partial charge is 0.492 e. The van der Waals surface area contributed by atoms with Crippen LogP contribution in [-0.4, -0.2) is 123 Å². The van der Waals surface area contributed by atoms with Crippen molar-refractivity contribution in [1.29, 1.82) is 0 Å². The monoisotopic (exact) mass is 1050 g/mol. The number of fused-ring (bicyclic) bond motifs is 2. The van der Waals surface area contributed by atoms with Crippen LogP contribution in [0, 0.1) is 25.7 Å². The number of rotatable bonds is 17. The van der Waals surface area contributed by atoms with Crippen LogP contribution in [0.3, 0.4) is 0 Å². The Kier molecular flexibility index (Phi) is 16.3. The molecule has 1 saturated carbocycles. The Morgan fingerprint density at radius 3 is 2.37 bits per heavy atom. The van der Waals surface area contributed by atoms with E-state index in [1.807, 2.05) is 26.0 Å². The van der Waals surface area contributed by atoms with E-state index in [0.717, 1.165) is 101 Å². The zero-order valence-corrected chi connectivity index (χ0v) is 45.3. The van der Waals surface area contributed by atoms with Crippen molar-refractivity contribution in [3.05, 3.63) is 77.5 Å². The van der Waals surface area contributed by atoms with E-state index in [-0.39, 0.29) is 53.3 Å². The van der Waals surface area contributed by atoms with Crippen molar-refractivity contribution >= 4 is 56.0 Å². The van der Waals surface area contributed by atoms with Crippen molar-refractivity contribution in [2.75, 3.05) is 43.5 Å². The number of nitrogens with one attached hydrogen (secondary N) is 5. The molecule has 2 saturated heterocycles. The van der Waals surface area contributed by atoms with Gasteiger partial charge in [-0.1, -0.05) is 43.5 Å². The van der Waals surface area contributed by atoms with E-state index in [0.29, 0.717) is 46.8 Å². The van der Waals surface area contributed by atoms with E-state index in [4.69, 9.17) is 19.4 Å². The number of H-pyrrole nitrogens is 1. The number of carbonyl (C=O) groups excluding carboxylic acids is 3. The molecule has 5 N–H and O–H groups in total. The molecule has 5 aromatic rings. The van der Waals surface area contributed by atoms with Gasteiger partial charge >= 0.3 is 0 Å². The summed E-state index contributed by atoms with van der Waals surface area (Å²) in [7, 11) is -2.12. The van der Waals surface area contributed by atoms with Crippen molar-refractivity contribution in [3.63, 3.8) is 0 Å². The second kappa shape index (κ2) is 22.8. The van der Waals surface area contributed by atoms with Gasteiger partial charge in [-0.05, 0) is 129 Å². The molecule has 2 aromatic carbocycles. The van der Waals surface area contributed by atoms with Crippen LogP contribution in [0.15, 0.2) is 60.0 Å². The van der Waals surface area contributed by atoms with Gasteiger partial charge in [0, 0.05) is 42.2 Å². The summed E-state index contributed by atoms with van der Waals surface area (Å²) in [4.78, 5) is 64.9. The van der Waals surface area contributed by atoms with Crippen LogP contribution in [-0.2, 0) is 30.6 Å². The maximum atomic E-state index is 14.8. The molecule has 75 heavy (non-hydrogen) atoms. The Hall–Kier alpha value is -6.41. The van der Waals surface area contributed by atoms with Gasteiger partial charge in [0.1, 0.15) is 41.0 Å². The number of hydrogen-bond acceptors (Lipinski definition) is 15. The summed E-state index contributed by atoms with van der Waals surface area (Å²) in [6.07, 6.45) is 14.4. The highest BCUT2D eigenvalue weighted by molar-refractivity contribution is 7.92. The average molecular weight is 1050 g/mol. The number of anilines is 3. The summed E-state index contributed by atoms with van der Waals surface area (Å²) >= 11 is 0. The van der Waals surface area contributed by atoms with Gasteiger partial charge in [-0.2, -0.15) is 5.10 Å². The van der Waals surface area contributed by atoms with Gasteiger partial charge < -0.3 is 40.5 Å². The number of aromatic nitrogens is 6. The molecular formula is C55H74N12O7S. The molecule has 4 aliphatic rings. The molecule has 0 bridgehead atoms. The van der Waals surface area contributed by atoms with Gasteiger partial charge in [0.15, 0.2) is 21.4 Å². The van der Waals surface area contributed by atoms with Crippen LogP contribution in [0.4, 0.5) is 17.6 Å². The first-order valence-corrected chi connectivity index (χ1v) is 28.3. The van der Waals surface area contributed by atoms with E-state index in [1.54, 1.807) is 64.2 Å². The molecule has 19 nitrogen and oxygen atoms in total. The molecule has 0 spiro atoms. The van der Waals surface area contributed by atoms with Crippen LogP contribution in [0.25, 0.3) is 10.9 Å². The lowest BCUT2D eigenvalue weighted by molar-refractivity contribution is -0.143. The zero-order valence-electron chi connectivity index (χ0n) is 44.4. The zero-order chi connectivity index (χ0) is 53.0. The first kappa shape index (κ1) is 53.4. The van der Waals surface area contributed by atoms with Gasteiger partial charge in [0.25, 0.3) is 0 Å². The van der Waals surface area contributed by atoms with Gasteiger partial charge in [-0.15, -0.1) is 0 Å². The summed E-state index contributed by atoms with van der Waals surface area (Å²) in [6, 6.07) is 9.30. The normalized spacial score (nSPS) is 20.5. The molecule has 5 heterocycles. The maximum absolute atomic E-state index is 14.8. The third-order valence-corrected chi connectivity index (χ3v) is 18.4. The number of amides is 3. The van der Waals surface area contributed by atoms with Gasteiger partial charge in [-0.3, -0.25) is 19.5 Å². The fourth-order valence-corrected chi connectivity index (χ4v) is 12.3. The van der Waals surface area contributed by atoms with E-state index >= 15 is 0 Å². The summed E-state index contributed by atoms with van der Waals surface area (Å²) in [6.45, 7) is 12.6. The minimum Gasteiger partial charge on any atom is -0.492 e. The number of benzene rings is 2. The Morgan fingerprint density at radius 2 is 1.67 bits per heavy atom. The fraction of sp³-hybridized carbons (Fsp3) is 0.564. The summed E-state index contributed by atoms with van der Waals surface area (Å²) in [5.41, 5.74) is 4.72. The molecule has 3 amide bonds. The number of piperidine rings is 1. The fourth-order valence-electron chi connectivity index (χ4n) is 11.0. The molecular weight excluding hydrogens is 973 g/mol. The van der Waals surface area contributed by atoms with E-state index in [2.05, 4.69) is 58.5 Å². The lowest BCUT2D eigenvalue weighted by Gasteiger charge is -2.35. The highest BCUT2D eigenvalue weighted by atomic mass is 32.2. The smallest absolute Gasteiger partial charge is 0.246 e. The molecule has 3 aromatic heterocycles. The highest BCUT2D eigenvalue weighted by Crippen LogP contribution is 2.39. The Balaban J connectivity index is 0.838. The number of ether oxygens (including phenoxy) is 2. The molecule has 20 heteroatoms. The van der Waals surface area contributed by atoms with Crippen molar-refractivity contribution in [3.8, 4) is 11.5 Å². The lowest BCUT2D eigenvalue weighted by atomic mass is 9.83. The van der Waals surface area contributed by atoms with Crippen molar-refractivity contribution < 1.29 is 32.3 Å². The van der Waals surface area contributed by atoms with Crippen LogP contribution in [0.2, 0.25) is 0 Å². The Bertz CT molecular complexity index is 2950. The Morgan fingerprint density at radius 1 is 0.920 bits per heavy atom. The van der Waals surface area contributed by atoms with E-state index in [1.165, 1.54) is 11.9 Å². The second-order valence-corrected chi connectivity index (χ2v) is 24.6. The number of carbonyl (C=O) groups is 3. The molecule has 9 rings (SSSR count). The predicted octanol–water partition coefficient (Wildman–Crippen LogP) is 6.98. The van der Waals surface area contributed by atoms with Gasteiger partial charge in [0.2, 0.25) is 23.7 Å². The quantitative estimate of drug-likeness (QED) is 0.0632. The minimum atomic E-state index is -3.84. The van der Waals surface area contributed by atoms with Crippen LogP contribution in [0.1, 0.15) is 127 Å². The third-order valence-electron chi connectivity index (χ3n) is 15.9. The Labute approximate surface area is 440 Å². The molecule has 402 valence electrons. The van der Waals surface area contributed by atoms with E-state index in [9.17, 15) is 22.8 Å². The van der Waals surface area contributed by atoms with E-state index < -0.39 is 38.8 Å². The van der Waals surface area contributed by atoms with Crippen molar-refractivity contribution in [2.24, 2.45) is 11.8 Å². The van der Waals surface area contributed by atoms with Gasteiger partial charge in [0.05, 0.1) is 47.9 Å². The first-order chi connectivity index (χ1) is 36.0. The number of aromatic amines is 1. The molecule has 2 aliphatic heterocycles. The SMILES string of the molecule is CN[C@@H](C)C(=O)N[C@H](C(=O)N1C[C@@H](Oc2cnc(N3CCC(CCOc4cc5ncnc(Nc6n[nH]c(C)c6C)c5cc4S(=O)(=O)C(C)(C)C)CC3)nc2)C[C@H]1C(=O)N[C@@H]1CCCc2ccccc21)C1CCCCC1. The summed E-state index contributed by atoms with van der Waals surface area (Å²) in [5.74, 6) is 1.88. The molecule has 2 aliphatic carbocycles. The molecule has 0 unspecified atom stereocenters. The number of hydrogen-bond donors (Lipinski definition) is 5. The van der Waals surface area contributed by atoms with Crippen LogP contribution >= 0.6 is 0 Å². The first-order valence-electron chi connectivity index (χ1n) is 26.8. The van der Waals surface area contributed by atoms with Gasteiger partial charge in [-0.25, -0.2) is 28.4 Å². The highest BCUT2D eigenvalue weighted by Gasteiger charge is 2.46. The lowest BCUT2D eigenvalue weighted by Crippen LogP contribution is -2.58. The number of likely N-dealkylation sites (tertiary alicyclic amines) is 1. The molecule has 0 radical (unpaired) electrons. The third kappa shape index (κ3) is 11.9. The molecule has 5 atom stereocenters.